The summed E-state index contributed by atoms with van der Waals surface area (Å²) < 4.78 is 22.2. The number of ether oxygens (including phenoxy) is 4. The zero-order chi connectivity index (χ0) is 27.2. The molecule has 39 heavy (non-hydrogen) atoms. The number of nitriles is 1. The molecule has 9 nitrogen and oxygen atoms in total. The van der Waals surface area contributed by atoms with Crippen molar-refractivity contribution in [1.82, 2.24) is 15.3 Å². The van der Waals surface area contributed by atoms with E-state index in [0.717, 1.165) is 11.1 Å². The summed E-state index contributed by atoms with van der Waals surface area (Å²) in [6, 6.07) is 18.3. The van der Waals surface area contributed by atoms with Crippen LogP contribution in [0, 0.1) is 18.3 Å². The van der Waals surface area contributed by atoms with Gasteiger partial charge in [-0.05, 0) is 48.9 Å². The number of carbonyl (C=O) groups is 1. The lowest BCUT2D eigenvalue weighted by Gasteiger charge is -2.16. The average molecular weight is 521 g/mol. The molecule has 1 N–H and O–H groups in total. The summed E-state index contributed by atoms with van der Waals surface area (Å²) in [6.45, 7) is 2.26. The van der Waals surface area contributed by atoms with Gasteiger partial charge in [0.15, 0.2) is 11.5 Å². The molecule has 0 radical (unpaired) electrons. The molecule has 194 valence electrons. The Balaban J connectivity index is 1.50. The second-order valence-corrected chi connectivity index (χ2v) is 8.48. The molecule has 0 bridgehead atoms. The van der Waals surface area contributed by atoms with E-state index in [1.165, 1.54) is 6.20 Å². The van der Waals surface area contributed by atoms with Gasteiger partial charge in [-0.1, -0.05) is 24.3 Å². The van der Waals surface area contributed by atoms with Crippen molar-refractivity contribution in [3.05, 3.63) is 95.5 Å². The number of nitrogens with one attached hydrogen (secondary N) is 1. The van der Waals surface area contributed by atoms with E-state index in [2.05, 4.69) is 21.4 Å². The standard InChI is InChI=1S/C30H24N4O5/c1-19-24(6-4-14-33-29(35)21-5-3-13-32-17-21)28(20-7-9-22(36-2)10-8-20)25(16-31)30(34-19)39-23-11-12-26-27(15-23)38-18-37-26/h3-13,15,17H,14,18H2,1-2H3,(H,33,35). The van der Waals surface area contributed by atoms with Gasteiger partial charge < -0.3 is 24.3 Å². The minimum absolute atomic E-state index is 0.144. The number of methoxy groups -OCH3 is 1. The molecular weight excluding hydrogens is 496 g/mol. The van der Waals surface area contributed by atoms with Crippen LogP contribution < -0.4 is 24.3 Å². The van der Waals surface area contributed by atoms with Gasteiger partial charge >= 0.3 is 0 Å². The number of hydrogen-bond acceptors (Lipinski definition) is 8. The van der Waals surface area contributed by atoms with Crippen molar-refractivity contribution in [3.8, 4) is 46.1 Å². The van der Waals surface area contributed by atoms with Crippen molar-refractivity contribution in [2.45, 2.75) is 6.92 Å². The summed E-state index contributed by atoms with van der Waals surface area (Å²) in [6.07, 6.45) is 6.77. The molecule has 5 rings (SSSR count). The molecule has 1 aliphatic rings. The lowest BCUT2D eigenvalue weighted by Crippen LogP contribution is -2.23. The zero-order valence-electron chi connectivity index (χ0n) is 21.3. The van der Waals surface area contributed by atoms with E-state index < -0.39 is 0 Å². The fourth-order valence-corrected chi connectivity index (χ4v) is 4.11. The third-order valence-corrected chi connectivity index (χ3v) is 6.03. The lowest BCUT2D eigenvalue weighted by molar-refractivity contribution is 0.0957. The number of pyridine rings is 2. The van der Waals surface area contributed by atoms with E-state index in [1.807, 2.05) is 43.3 Å². The highest BCUT2D eigenvalue weighted by atomic mass is 16.7. The van der Waals surface area contributed by atoms with E-state index in [-0.39, 0.29) is 30.7 Å². The molecule has 1 amide bonds. The van der Waals surface area contributed by atoms with Crippen LogP contribution in [-0.2, 0) is 0 Å². The number of amides is 1. The summed E-state index contributed by atoms with van der Waals surface area (Å²) in [4.78, 5) is 21.0. The zero-order valence-corrected chi connectivity index (χ0v) is 21.3. The molecule has 2 aromatic carbocycles. The van der Waals surface area contributed by atoms with Crippen LogP contribution in [0.4, 0.5) is 0 Å². The van der Waals surface area contributed by atoms with E-state index in [4.69, 9.17) is 18.9 Å². The van der Waals surface area contributed by atoms with Crippen LogP contribution in [0.25, 0.3) is 17.2 Å². The number of hydrogen-bond donors (Lipinski definition) is 1. The molecule has 0 unspecified atom stereocenters. The van der Waals surface area contributed by atoms with E-state index >= 15 is 0 Å². The van der Waals surface area contributed by atoms with Gasteiger partial charge in [-0.15, -0.1) is 0 Å². The average Bonchev–Trinajstić information content (AvgIpc) is 3.44. The molecule has 0 saturated heterocycles. The maximum absolute atomic E-state index is 12.4. The smallest absolute Gasteiger partial charge is 0.253 e. The summed E-state index contributed by atoms with van der Waals surface area (Å²) in [5.41, 5.74) is 3.54. The normalized spacial score (nSPS) is 11.7. The Morgan fingerprint density at radius 1 is 1.13 bits per heavy atom. The van der Waals surface area contributed by atoms with Gasteiger partial charge in [0.25, 0.3) is 5.91 Å². The van der Waals surface area contributed by atoms with Crippen LogP contribution in [0.2, 0.25) is 0 Å². The van der Waals surface area contributed by atoms with Crippen LogP contribution >= 0.6 is 0 Å². The highest BCUT2D eigenvalue weighted by Crippen LogP contribution is 2.40. The third kappa shape index (κ3) is 5.50. The van der Waals surface area contributed by atoms with Gasteiger partial charge in [-0.25, -0.2) is 4.98 Å². The number of carbonyl (C=O) groups excluding carboxylic acids is 1. The van der Waals surface area contributed by atoms with Gasteiger partial charge in [0, 0.05) is 41.8 Å². The molecule has 3 heterocycles. The minimum atomic E-state index is -0.233. The Hall–Kier alpha value is -5.36. The molecule has 0 fully saturated rings. The van der Waals surface area contributed by atoms with E-state index in [9.17, 15) is 10.1 Å². The number of aromatic nitrogens is 2. The summed E-state index contributed by atoms with van der Waals surface area (Å²) in [7, 11) is 1.59. The third-order valence-electron chi connectivity index (χ3n) is 6.03. The predicted molar refractivity (Wildman–Crippen MR) is 144 cm³/mol. The first kappa shape index (κ1) is 25.3. The van der Waals surface area contributed by atoms with Gasteiger partial charge in [0.1, 0.15) is 23.1 Å². The molecular formula is C30H24N4O5. The molecule has 4 aromatic rings. The first-order chi connectivity index (χ1) is 19.1. The summed E-state index contributed by atoms with van der Waals surface area (Å²) in [5.74, 6) is 2.28. The van der Waals surface area contributed by atoms with Crippen molar-refractivity contribution in [2.75, 3.05) is 20.4 Å². The Bertz CT molecular complexity index is 1580. The molecule has 0 spiro atoms. The van der Waals surface area contributed by atoms with Crippen LogP contribution in [0.15, 0.2) is 73.1 Å². The van der Waals surface area contributed by atoms with Gasteiger partial charge in [0.2, 0.25) is 12.7 Å². The number of rotatable bonds is 8. The van der Waals surface area contributed by atoms with Crippen LogP contribution in [0.3, 0.4) is 0 Å². The maximum Gasteiger partial charge on any atom is 0.253 e. The van der Waals surface area contributed by atoms with E-state index in [1.54, 1.807) is 43.6 Å². The Morgan fingerprint density at radius 3 is 2.67 bits per heavy atom. The number of aryl methyl sites for hydroxylation is 1. The summed E-state index contributed by atoms with van der Waals surface area (Å²) >= 11 is 0. The Labute approximate surface area is 225 Å². The van der Waals surface area contributed by atoms with Crippen LogP contribution in [-0.4, -0.2) is 36.3 Å². The highest BCUT2D eigenvalue weighted by Gasteiger charge is 2.21. The Morgan fingerprint density at radius 2 is 1.92 bits per heavy atom. The minimum Gasteiger partial charge on any atom is -0.497 e. The number of benzene rings is 2. The molecule has 0 atom stereocenters. The van der Waals surface area contributed by atoms with Gasteiger partial charge in [0.05, 0.1) is 12.7 Å². The van der Waals surface area contributed by atoms with E-state index in [0.29, 0.717) is 39.8 Å². The molecule has 1 aliphatic heterocycles. The van der Waals surface area contributed by atoms with Crippen LogP contribution in [0.1, 0.15) is 27.2 Å². The first-order valence-corrected chi connectivity index (χ1v) is 12.1. The van der Waals surface area contributed by atoms with Crippen molar-refractivity contribution >= 4 is 12.0 Å². The fourth-order valence-electron chi connectivity index (χ4n) is 4.11. The SMILES string of the molecule is COc1ccc(-c2c(C#N)c(Oc3ccc4c(c3)OCO4)nc(C)c2C=CCNC(=O)c2cccnc2)cc1. The van der Waals surface area contributed by atoms with Crippen molar-refractivity contribution < 1.29 is 23.7 Å². The molecule has 9 heteroatoms. The maximum atomic E-state index is 12.4. The predicted octanol–water partition coefficient (Wildman–Crippen LogP) is 5.30. The monoisotopic (exact) mass is 520 g/mol. The second-order valence-electron chi connectivity index (χ2n) is 8.48. The molecule has 0 saturated carbocycles. The van der Waals surface area contributed by atoms with Crippen molar-refractivity contribution in [1.29, 1.82) is 5.26 Å². The molecule has 0 aliphatic carbocycles. The van der Waals surface area contributed by atoms with Crippen LogP contribution in [0.5, 0.6) is 28.9 Å². The number of fused-ring (bicyclic) bond motifs is 1. The quantitative estimate of drug-likeness (QED) is 0.333. The number of nitrogens with zero attached hydrogens (tertiary/aromatic N) is 3. The van der Waals surface area contributed by atoms with Gasteiger partial charge in [-0.2, -0.15) is 5.26 Å². The van der Waals surface area contributed by atoms with Gasteiger partial charge in [-0.3, -0.25) is 9.78 Å². The van der Waals surface area contributed by atoms with Crippen molar-refractivity contribution in [2.24, 2.45) is 0 Å². The Kier molecular flexibility index (Phi) is 7.37. The fraction of sp³-hybridized carbons (Fsp3) is 0.133. The second kappa shape index (κ2) is 11.4. The lowest BCUT2D eigenvalue weighted by atomic mass is 9.94. The van der Waals surface area contributed by atoms with Crippen molar-refractivity contribution in [3.63, 3.8) is 0 Å². The summed E-state index contributed by atoms with van der Waals surface area (Å²) in [5, 5.41) is 13.1. The topological polar surface area (TPSA) is 116 Å². The first-order valence-electron chi connectivity index (χ1n) is 12.1. The molecule has 2 aromatic heterocycles. The highest BCUT2D eigenvalue weighted by molar-refractivity contribution is 5.94. The largest absolute Gasteiger partial charge is 0.497 e.